The monoisotopic (exact) mass is 184 g/mol. The lowest BCUT2D eigenvalue weighted by Gasteiger charge is -2.31. The minimum absolute atomic E-state index is 0.0847. The highest BCUT2D eigenvalue weighted by Crippen LogP contribution is 2.37. The van der Waals surface area contributed by atoms with Gasteiger partial charge in [0.2, 0.25) is 0 Å². The molecule has 2 nitrogen and oxygen atoms in total. The van der Waals surface area contributed by atoms with Crippen LogP contribution in [0.5, 0.6) is 0 Å². The molecule has 1 rings (SSSR count). The standard InChI is InChI=1S/C11H24N2/c1-10(2)7-5-6-9(10)13-8-11(3,4)12/h9,13H,5-8,12H2,1-4H3. The van der Waals surface area contributed by atoms with E-state index in [0.717, 1.165) is 6.54 Å². The molecule has 3 N–H and O–H groups in total. The van der Waals surface area contributed by atoms with E-state index in [2.05, 4.69) is 33.0 Å². The van der Waals surface area contributed by atoms with Crippen molar-refractivity contribution in [3.05, 3.63) is 0 Å². The topological polar surface area (TPSA) is 38.0 Å². The van der Waals surface area contributed by atoms with Crippen LogP contribution in [0.4, 0.5) is 0 Å². The van der Waals surface area contributed by atoms with E-state index in [-0.39, 0.29) is 5.54 Å². The highest BCUT2D eigenvalue weighted by atomic mass is 15.0. The molecular weight excluding hydrogens is 160 g/mol. The van der Waals surface area contributed by atoms with E-state index in [1.165, 1.54) is 19.3 Å². The number of rotatable bonds is 3. The Morgan fingerprint density at radius 2 is 2.08 bits per heavy atom. The van der Waals surface area contributed by atoms with Gasteiger partial charge in [0, 0.05) is 18.1 Å². The van der Waals surface area contributed by atoms with Crippen molar-refractivity contribution < 1.29 is 0 Å². The van der Waals surface area contributed by atoms with Gasteiger partial charge in [0.05, 0.1) is 0 Å². The molecule has 0 aromatic heterocycles. The van der Waals surface area contributed by atoms with Gasteiger partial charge in [-0.25, -0.2) is 0 Å². The molecule has 0 heterocycles. The first-order valence-corrected chi connectivity index (χ1v) is 5.33. The second-order valence-electron chi connectivity index (χ2n) is 5.80. The lowest BCUT2D eigenvalue weighted by atomic mass is 9.87. The van der Waals surface area contributed by atoms with Gasteiger partial charge in [-0.1, -0.05) is 20.3 Å². The molecule has 2 heteroatoms. The summed E-state index contributed by atoms with van der Waals surface area (Å²) < 4.78 is 0. The van der Waals surface area contributed by atoms with E-state index < -0.39 is 0 Å². The van der Waals surface area contributed by atoms with E-state index in [0.29, 0.717) is 11.5 Å². The van der Waals surface area contributed by atoms with E-state index >= 15 is 0 Å². The minimum atomic E-state index is -0.0847. The van der Waals surface area contributed by atoms with Crippen LogP contribution in [-0.2, 0) is 0 Å². The molecule has 0 aliphatic heterocycles. The van der Waals surface area contributed by atoms with E-state index in [1.54, 1.807) is 0 Å². The average molecular weight is 184 g/mol. The Kier molecular flexibility index (Phi) is 3.03. The number of hydrogen-bond donors (Lipinski definition) is 2. The second kappa shape index (κ2) is 3.58. The summed E-state index contributed by atoms with van der Waals surface area (Å²) in [5.41, 5.74) is 6.32. The first-order valence-electron chi connectivity index (χ1n) is 5.33. The summed E-state index contributed by atoms with van der Waals surface area (Å²) >= 11 is 0. The molecule has 1 aliphatic rings. The number of hydrogen-bond acceptors (Lipinski definition) is 2. The van der Waals surface area contributed by atoms with Crippen molar-refractivity contribution in [3.8, 4) is 0 Å². The van der Waals surface area contributed by atoms with Crippen LogP contribution >= 0.6 is 0 Å². The van der Waals surface area contributed by atoms with Gasteiger partial charge in [-0.05, 0) is 32.1 Å². The van der Waals surface area contributed by atoms with Gasteiger partial charge in [-0.2, -0.15) is 0 Å². The Morgan fingerprint density at radius 3 is 2.46 bits per heavy atom. The average Bonchev–Trinajstić information content (AvgIpc) is 2.23. The van der Waals surface area contributed by atoms with Crippen molar-refractivity contribution in [3.63, 3.8) is 0 Å². The molecule has 1 saturated carbocycles. The largest absolute Gasteiger partial charge is 0.324 e. The third kappa shape index (κ3) is 3.28. The molecule has 0 radical (unpaired) electrons. The van der Waals surface area contributed by atoms with Gasteiger partial charge >= 0.3 is 0 Å². The zero-order valence-corrected chi connectivity index (χ0v) is 9.48. The van der Waals surface area contributed by atoms with Gasteiger partial charge in [0.15, 0.2) is 0 Å². The molecule has 1 unspecified atom stereocenters. The van der Waals surface area contributed by atoms with Crippen LogP contribution in [0, 0.1) is 5.41 Å². The Labute approximate surface area is 82.3 Å². The Hall–Kier alpha value is -0.0800. The normalized spacial score (nSPS) is 27.9. The Balaban J connectivity index is 2.37. The van der Waals surface area contributed by atoms with Gasteiger partial charge in [-0.15, -0.1) is 0 Å². The van der Waals surface area contributed by atoms with Gasteiger partial charge < -0.3 is 11.1 Å². The van der Waals surface area contributed by atoms with E-state index in [9.17, 15) is 0 Å². The van der Waals surface area contributed by atoms with Crippen molar-refractivity contribution in [1.82, 2.24) is 5.32 Å². The first kappa shape index (κ1) is 11.0. The second-order valence-corrected chi connectivity index (χ2v) is 5.80. The fourth-order valence-corrected chi connectivity index (χ4v) is 2.09. The maximum atomic E-state index is 5.94. The molecule has 0 spiro atoms. The summed E-state index contributed by atoms with van der Waals surface area (Å²) in [6, 6.07) is 0.662. The highest BCUT2D eigenvalue weighted by molar-refractivity contribution is 4.91. The van der Waals surface area contributed by atoms with Crippen molar-refractivity contribution in [2.45, 2.75) is 58.5 Å². The van der Waals surface area contributed by atoms with Crippen LogP contribution in [-0.4, -0.2) is 18.1 Å². The maximum Gasteiger partial charge on any atom is 0.0223 e. The fourth-order valence-electron chi connectivity index (χ4n) is 2.09. The van der Waals surface area contributed by atoms with Crippen LogP contribution in [0.15, 0.2) is 0 Å². The molecule has 1 fully saturated rings. The summed E-state index contributed by atoms with van der Waals surface area (Å²) in [6.45, 7) is 9.76. The third-order valence-corrected chi connectivity index (χ3v) is 3.06. The van der Waals surface area contributed by atoms with Crippen LogP contribution in [0.2, 0.25) is 0 Å². The van der Waals surface area contributed by atoms with Gasteiger partial charge in [-0.3, -0.25) is 0 Å². The number of nitrogens with two attached hydrogens (primary N) is 1. The molecule has 0 aromatic carbocycles. The summed E-state index contributed by atoms with van der Waals surface area (Å²) in [5.74, 6) is 0. The van der Waals surface area contributed by atoms with E-state index in [4.69, 9.17) is 5.73 Å². The van der Waals surface area contributed by atoms with Crippen LogP contribution < -0.4 is 11.1 Å². The maximum absolute atomic E-state index is 5.94. The number of nitrogens with one attached hydrogen (secondary N) is 1. The van der Waals surface area contributed by atoms with Gasteiger partial charge in [0.1, 0.15) is 0 Å². The molecule has 0 amide bonds. The minimum Gasteiger partial charge on any atom is -0.324 e. The highest BCUT2D eigenvalue weighted by Gasteiger charge is 2.34. The fraction of sp³-hybridized carbons (Fsp3) is 1.00. The molecule has 0 aromatic rings. The van der Waals surface area contributed by atoms with Crippen LogP contribution in [0.3, 0.4) is 0 Å². The molecule has 78 valence electrons. The summed E-state index contributed by atoms with van der Waals surface area (Å²) in [7, 11) is 0. The molecular formula is C11H24N2. The summed E-state index contributed by atoms with van der Waals surface area (Å²) in [4.78, 5) is 0. The van der Waals surface area contributed by atoms with Crippen LogP contribution in [0.25, 0.3) is 0 Å². The third-order valence-electron chi connectivity index (χ3n) is 3.06. The van der Waals surface area contributed by atoms with Crippen molar-refractivity contribution in [2.75, 3.05) is 6.54 Å². The smallest absolute Gasteiger partial charge is 0.0223 e. The SMILES string of the molecule is CC(C)(N)CNC1CCCC1(C)C. The molecule has 13 heavy (non-hydrogen) atoms. The quantitative estimate of drug-likeness (QED) is 0.703. The summed E-state index contributed by atoms with van der Waals surface area (Å²) in [5, 5.41) is 3.59. The predicted molar refractivity (Wildman–Crippen MR) is 57.7 cm³/mol. The molecule has 1 atom stereocenters. The van der Waals surface area contributed by atoms with Gasteiger partial charge in [0.25, 0.3) is 0 Å². The van der Waals surface area contributed by atoms with Crippen molar-refractivity contribution in [1.29, 1.82) is 0 Å². The summed E-state index contributed by atoms with van der Waals surface area (Å²) in [6.07, 6.45) is 4.01. The zero-order valence-electron chi connectivity index (χ0n) is 9.48. The predicted octanol–water partition coefficient (Wildman–Crippen LogP) is 1.89. The molecule has 0 bridgehead atoms. The molecule has 0 saturated heterocycles. The Morgan fingerprint density at radius 1 is 1.46 bits per heavy atom. The Bertz CT molecular complexity index is 167. The van der Waals surface area contributed by atoms with Crippen molar-refractivity contribution in [2.24, 2.45) is 11.1 Å². The lowest BCUT2D eigenvalue weighted by Crippen LogP contribution is -2.49. The zero-order chi connectivity index (χ0) is 10.1. The van der Waals surface area contributed by atoms with Crippen molar-refractivity contribution >= 4 is 0 Å². The first-order chi connectivity index (χ1) is 5.81. The van der Waals surface area contributed by atoms with Crippen LogP contribution in [0.1, 0.15) is 47.0 Å². The molecule has 1 aliphatic carbocycles. The lowest BCUT2D eigenvalue weighted by molar-refractivity contribution is 0.269. The van der Waals surface area contributed by atoms with E-state index in [1.807, 2.05) is 0 Å².